The van der Waals surface area contributed by atoms with Crippen molar-refractivity contribution in [2.75, 3.05) is 11.9 Å². The first-order valence-electron chi connectivity index (χ1n) is 6.72. The first kappa shape index (κ1) is 12.4. The standard InChI is InChI=1S/C16H17NOS/c18-16(8-7-12-4-3-11-19-12)14-9-10-17-15-6-2-1-5-13(14)15/h1-6,11,14,17H,7-10H2. The van der Waals surface area contributed by atoms with Crippen molar-refractivity contribution < 1.29 is 4.79 Å². The van der Waals surface area contributed by atoms with Gasteiger partial charge >= 0.3 is 0 Å². The number of rotatable bonds is 4. The largest absolute Gasteiger partial charge is 0.385 e. The second-order valence-electron chi connectivity index (χ2n) is 4.90. The van der Waals surface area contributed by atoms with Gasteiger partial charge in [-0.1, -0.05) is 24.3 Å². The van der Waals surface area contributed by atoms with Gasteiger partial charge in [-0.05, 0) is 35.9 Å². The zero-order valence-corrected chi connectivity index (χ0v) is 11.6. The molecular weight excluding hydrogens is 254 g/mol. The lowest BCUT2D eigenvalue weighted by Gasteiger charge is -2.25. The van der Waals surface area contributed by atoms with Crippen LogP contribution in [0.25, 0.3) is 0 Å². The third-order valence-electron chi connectivity index (χ3n) is 3.67. The number of anilines is 1. The fourth-order valence-corrected chi connectivity index (χ4v) is 3.39. The third kappa shape index (κ3) is 2.71. The highest BCUT2D eigenvalue weighted by atomic mass is 32.1. The lowest BCUT2D eigenvalue weighted by Crippen LogP contribution is -2.23. The van der Waals surface area contributed by atoms with Crippen molar-refractivity contribution in [3.8, 4) is 0 Å². The normalized spacial score (nSPS) is 17.6. The second-order valence-corrected chi connectivity index (χ2v) is 5.93. The van der Waals surface area contributed by atoms with Gasteiger partial charge < -0.3 is 5.32 Å². The zero-order chi connectivity index (χ0) is 13.1. The Kier molecular flexibility index (Phi) is 3.65. The lowest BCUT2D eigenvalue weighted by atomic mass is 9.86. The first-order chi connectivity index (χ1) is 9.34. The Hall–Kier alpha value is -1.61. The molecule has 1 aromatic heterocycles. The molecule has 98 valence electrons. The molecule has 19 heavy (non-hydrogen) atoms. The van der Waals surface area contributed by atoms with Crippen LogP contribution in [0.5, 0.6) is 0 Å². The van der Waals surface area contributed by atoms with Crippen molar-refractivity contribution in [2.24, 2.45) is 0 Å². The SMILES string of the molecule is O=C(CCc1cccs1)C1CCNc2ccccc21. The Morgan fingerprint density at radius 1 is 1.26 bits per heavy atom. The summed E-state index contributed by atoms with van der Waals surface area (Å²) < 4.78 is 0. The van der Waals surface area contributed by atoms with Crippen LogP contribution in [-0.4, -0.2) is 12.3 Å². The minimum atomic E-state index is 0.0809. The molecule has 1 atom stereocenters. The fraction of sp³-hybridized carbons (Fsp3) is 0.312. The highest BCUT2D eigenvalue weighted by molar-refractivity contribution is 7.09. The molecule has 2 heterocycles. The highest BCUT2D eigenvalue weighted by Gasteiger charge is 2.25. The van der Waals surface area contributed by atoms with E-state index >= 15 is 0 Å². The number of Topliss-reactive ketones (excluding diaryl/α,β-unsaturated/α-hetero) is 1. The van der Waals surface area contributed by atoms with Gasteiger partial charge in [0.05, 0.1) is 0 Å². The number of aryl methyl sites for hydroxylation is 1. The number of hydrogen-bond acceptors (Lipinski definition) is 3. The van der Waals surface area contributed by atoms with Gasteiger partial charge in [0.2, 0.25) is 0 Å². The van der Waals surface area contributed by atoms with Crippen LogP contribution in [0.15, 0.2) is 41.8 Å². The Morgan fingerprint density at radius 2 is 2.16 bits per heavy atom. The van der Waals surface area contributed by atoms with Crippen LogP contribution in [-0.2, 0) is 11.2 Å². The summed E-state index contributed by atoms with van der Waals surface area (Å²) in [5, 5.41) is 5.44. The highest BCUT2D eigenvalue weighted by Crippen LogP contribution is 2.32. The smallest absolute Gasteiger partial charge is 0.140 e. The van der Waals surface area contributed by atoms with Crippen LogP contribution in [0.4, 0.5) is 5.69 Å². The maximum atomic E-state index is 12.4. The van der Waals surface area contributed by atoms with Crippen LogP contribution in [0.2, 0.25) is 0 Å². The molecule has 2 aromatic rings. The Bertz CT molecular complexity index is 562. The number of hydrogen-bond donors (Lipinski definition) is 1. The van der Waals surface area contributed by atoms with Crippen molar-refractivity contribution in [3.05, 3.63) is 52.2 Å². The van der Waals surface area contributed by atoms with Gasteiger partial charge in [-0.2, -0.15) is 0 Å². The molecule has 0 bridgehead atoms. The summed E-state index contributed by atoms with van der Waals surface area (Å²) in [6, 6.07) is 12.3. The molecule has 2 nitrogen and oxygen atoms in total. The van der Waals surface area contributed by atoms with E-state index in [1.165, 1.54) is 10.4 Å². The molecule has 0 aliphatic carbocycles. The van der Waals surface area contributed by atoms with Crippen molar-refractivity contribution in [1.29, 1.82) is 0 Å². The van der Waals surface area contributed by atoms with Crippen molar-refractivity contribution in [1.82, 2.24) is 0 Å². The predicted octanol–water partition coefficient (Wildman–Crippen LogP) is 3.85. The molecule has 1 N–H and O–H groups in total. The van der Waals surface area contributed by atoms with E-state index in [9.17, 15) is 4.79 Å². The third-order valence-corrected chi connectivity index (χ3v) is 4.61. The second kappa shape index (κ2) is 5.57. The van der Waals surface area contributed by atoms with E-state index in [0.29, 0.717) is 12.2 Å². The topological polar surface area (TPSA) is 29.1 Å². The van der Waals surface area contributed by atoms with Crippen molar-refractivity contribution >= 4 is 22.8 Å². The van der Waals surface area contributed by atoms with Gasteiger partial charge in [-0.3, -0.25) is 4.79 Å². The summed E-state index contributed by atoms with van der Waals surface area (Å²) in [4.78, 5) is 13.7. The van der Waals surface area contributed by atoms with Gasteiger partial charge in [-0.15, -0.1) is 11.3 Å². The number of carbonyl (C=O) groups is 1. The molecule has 0 amide bonds. The predicted molar refractivity (Wildman–Crippen MR) is 79.9 cm³/mol. The van der Waals surface area contributed by atoms with Crippen LogP contribution in [0.3, 0.4) is 0 Å². The Balaban J connectivity index is 1.71. The molecule has 0 radical (unpaired) electrons. The van der Waals surface area contributed by atoms with E-state index in [1.54, 1.807) is 11.3 Å². The molecule has 0 fully saturated rings. The van der Waals surface area contributed by atoms with Crippen LogP contribution >= 0.6 is 11.3 Å². The van der Waals surface area contributed by atoms with E-state index in [1.807, 2.05) is 18.2 Å². The van der Waals surface area contributed by atoms with Crippen LogP contribution < -0.4 is 5.32 Å². The van der Waals surface area contributed by atoms with Gasteiger partial charge in [0, 0.05) is 29.4 Å². The van der Waals surface area contributed by atoms with E-state index in [-0.39, 0.29) is 5.92 Å². The van der Waals surface area contributed by atoms with E-state index in [4.69, 9.17) is 0 Å². The fourth-order valence-electron chi connectivity index (χ4n) is 2.68. The zero-order valence-electron chi connectivity index (χ0n) is 10.8. The monoisotopic (exact) mass is 271 g/mol. The summed E-state index contributed by atoms with van der Waals surface area (Å²) in [6.45, 7) is 0.895. The summed E-state index contributed by atoms with van der Waals surface area (Å²) >= 11 is 1.73. The molecule has 1 aliphatic heterocycles. The summed E-state index contributed by atoms with van der Waals surface area (Å²) in [5.74, 6) is 0.458. The maximum Gasteiger partial charge on any atom is 0.140 e. The summed E-state index contributed by atoms with van der Waals surface area (Å²) in [5.41, 5.74) is 2.30. The molecular formula is C16H17NOS. The molecule has 3 heteroatoms. The number of ketones is 1. The minimum absolute atomic E-state index is 0.0809. The first-order valence-corrected chi connectivity index (χ1v) is 7.60. The van der Waals surface area contributed by atoms with Crippen molar-refractivity contribution in [3.63, 3.8) is 0 Å². The van der Waals surface area contributed by atoms with E-state index in [0.717, 1.165) is 25.1 Å². The molecule has 1 unspecified atom stereocenters. The molecule has 3 rings (SSSR count). The maximum absolute atomic E-state index is 12.4. The van der Waals surface area contributed by atoms with E-state index in [2.05, 4.69) is 28.9 Å². The lowest BCUT2D eigenvalue weighted by molar-refractivity contribution is -0.120. The molecule has 0 saturated carbocycles. The summed E-state index contributed by atoms with van der Waals surface area (Å²) in [7, 11) is 0. The summed E-state index contributed by atoms with van der Waals surface area (Å²) in [6.07, 6.45) is 2.45. The number of nitrogens with one attached hydrogen (secondary N) is 1. The minimum Gasteiger partial charge on any atom is -0.385 e. The van der Waals surface area contributed by atoms with Gasteiger partial charge in [0.1, 0.15) is 5.78 Å². The quantitative estimate of drug-likeness (QED) is 0.915. The molecule has 1 aromatic carbocycles. The molecule has 1 aliphatic rings. The van der Waals surface area contributed by atoms with Gasteiger partial charge in [-0.25, -0.2) is 0 Å². The number of para-hydroxylation sites is 1. The van der Waals surface area contributed by atoms with Crippen molar-refractivity contribution in [2.45, 2.75) is 25.2 Å². The molecule has 0 spiro atoms. The number of fused-ring (bicyclic) bond motifs is 1. The van der Waals surface area contributed by atoms with E-state index < -0.39 is 0 Å². The molecule has 0 saturated heterocycles. The van der Waals surface area contributed by atoms with Crippen LogP contribution in [0, 0.1) is 0 Å². The van der Waals surface area contributed by atoms with Gasteiger partial charge in [0.15, 0.2) is 0 Å². The number of thiophene rings is 1. The average molecular weight is 271 g/mol. The Morgan fingerprint density at radius 3 is 3.00 bits per heavy atom. The Labute approximate surface area is 117 Å². The van der Waals surface area contributed by atoms with Crippen LogP contribution in [0.1, 0.15) is 29.2 Å². The average Bonchev–Trinajstić information content (AvgIpc) is 2.97. The number of carbonyl (C=O) groups excluding carboxylic acids is 1. The van der Waals surface area contributed by atoms with Gasteiger partial charge in [0.25, 0.3) is 0 Å². The number of benzene rings is 1.